The number of amides is 1. The van der Waals surface area contributed by atoms with E-state index in [2.05, 4.69) is 10.0 Å². The van der Waals surface area contributed by atoms with Gasteiger partial charge < -0.3 is 10.1 Å². The van der Waals surface area contributed by atoms with Crippen LogP contribution in [0.25, 0.3) is 0 Å². The van der Waals surface area contributed by atoms with Crippen LogP contribution < -0.4 is 10.0 Å². The Morgan fingerprint density at radius 2 is 1.47 bits per heavy atom. The van der Waals surface area contributed by atoms with Crippen molar-refractivity contribution in [2.24, 2.45) is 0 Å². The van der Waals surface area contributed by atoms with Gasteiger partial charge in [0.25, 0.3) is 15.9 Å². The third kappa shape index (κ3) is 5.63. The van der Waals surface area contributed by atoms with Crippen LogP contribution in [0.3, 0.4) is 0 Å². The fourth-order valence-corrected chi connectivity index (χ4v) is 4.81. The topological polar surface area (TPSA) is 102 Å². The Morgan fingerprint density at radius 1 is 0.794 bits per heavy atom. The summed E-state index contributed by atoms with van der Waals surface area (Å²) in [5.41, 5.74) is 4.50. The van der Waals surface area contributed by atoms with E-state index < -0.39 is 21.9 Å². The van der Waals surface area contributed by atoms with Crippen molar-refractivity contribution in [3.05, 3.63) is 88.0 Å². The van der Waals surface area contributed by atoms with Gasteiger partial charge in [0.05, 0.1) is 22.8 Å². The van der Waals surface area contributed by atoms with Crippen molar-refractivity contribution in [1.82, 2.24) is 0 Å². The van der Waals surface area contributed by atoms with Crippen molar-refractivity contribution >= 4 is 33.3 Å². The van der Waals surface area contributed by atoms with Crippen molar-refractivity contribution in [3.63, 3.8) is 0 Å². The van der Waals surface area contributed by atoms with E-state index in [0.717, 1.165) is 11.1 Å². The van der Waals surface area contributed by atoms with Gasteiger partial charge in [-0.15, -0.1) is 0 Å². The first-order valence-corrected chi connectivity index (χ1v) is 12.3. The zero-order valence-electron chi connectivity index (χ0n) is 19.9. The highest BCUT2D eigenvalue weighted by Crippen LogP contribution is 2.25. The zero-order valence-corrected chi connectivity index (χ0v) is 20.7. The molecule has 34 heavy (non-hydrogen) atoms. The molecule has 0 bridgehead atoms. The van der Waals surface area contributed by atoms with E-state index in [1.807, 2.05) is 26.0 Å². The molecule has 0 fully saturated rings. The van der Waals surface area contributed by atoms with E-state index in [9.17, 15) is 18.0 Å². The van der Waals surface area contributed by atoms with Crippen LogP contribution in [0, 0.1) is 27.7 Å². The summed E-state index contributed by atoms with van der Waals surface area (Å²) >= 11 is 0. The van der Waals surface area contributed by atoms with Gasteiger partial charge in [0.15, 0.2) is 0 Å². The molecule has 7 nitrogen and oxygen atoms in total. The summed E-state index contributed by atoms with van der Waals surface area (Å²) in [6.07, 6.45) is 0. The van der Waals surface area contributed by atoms with E-state index in [1.165, 1.54) is 6.07 Å². The largest absolute Gasteiger partial charge is 0.462 e. The van der Waals surface area contributed by atoms with Crippen LogP contribution in [-0.4, -0.2) is 26.9 Å². The van der Waals surface area contributed by atoms with Crippen LogP contribution in [0.2, 0.25) is 0 Å². The molecule has 0 saturated carbocycles. The minimum atomic E-state index is -3.92. The summed E-state index contributed by atoms with van der Waals surface area (Å²) < 4.78 is 33.9. The number of aryl methyl sites for hydroxylation is 4. The molecular weight excluding hydrogens is 452 g/mol. The highest BCUT2D eigenvalue weighted by Gasteiger charge is 2.21. The molecule has 0 aliphatic rings. The van der Waals surface area contributed by atoms with Gasteiger partial charge in [-0.2, -0.15) is 0 Å². The lowest BCUT2D eigenvalue weighted by Gasteiger charge is -2.15. The van der Waals surface area contributed by atoms with Gasteiger partial charge in [-0.3, -0.25) is 9.52 Å². The average molecular weight is 481 g/mol. The molecule has 3 rings (SSSR count). The molecule has 0 heterocycles. The third-order valence-electron chi connectivity index (χ3n) is 5.36. The van der Waals surface area contributed by atoms with E-state index >= 15 is 0 Å². The number of esters is 1. The third-order valence-corrected chi connectivity index (χ3v) is 6.87. The number of carbonyl (C=O) groups excluding carboxylic acids is 2. The lowest BCUT2D eigenvalue weighted by atomic mass is 10.1. The van der Waals surface area contributed by atoms with Crippen molar-refractivity contribution in [3.8, 4) is 0 Å². The molecule has 0 spiro atoms. The number of benzene rings is 3. The van der Waals surface area contributed by atoms with Gasteiger partial charge in [-0.25, -0.2) is 13.2 Å². The maximum atomic E-state index is 13.1. The first-order valence-electron chi connectivity index (χ1n) is 10.8. The summed E-state index contributed by atoms with van der Waals surface area (Å²) in [6, 6.07) is 14.9. The number of rotatable bonds is 7. The Kier molecular flexibility index (Phi) is 7.41. The van der Waals surface area contributed by atoms with E-state index in [-0.39, 0.29) is 17.1 Å². The van der Waals surface area contributed by atoms with Gasteiger partial charge in [0.2, 0.25) is 0 Å². The summed E-state index contributed by atoms with van der Waals surface area (Å²) in [6.45, 7) is 9.15. The molecule has 3 aromatic rings. The van der Waals surface area contributed by atoms with Crippen molar-refractivity contribution in [2.45, 2.75) is 39.5 Å². The lowest BCUT2D eigenvalue weighted by molar-refractivity contribution is 0.0526. The first kappa shape index (κ1) is 25.0. The Labute approximate surface area is 200 Å². The van der Waals surface area contributed by atoms with Gasteiger partial charge >= 0.3 is 5.97 Å². The smallest absolute Gasteiger partial charge is 0.338 e. The van der Waals surface area contributed by atoms with Crippen LogP contribution in [-0.2, 0) is 14.8 Å². The predicted molar refractivity (Wildman–Crippen MR) is 133 cm³/mol. The maximum Gasteiger partial charge on any atom is 0.338 e. The molecule has 2 N–H and O–H groups in total. The van der Waals surface area contributed by atoms with Crippen LogP contribution in [0.15, 0.2) is 59.5 Å². The van der Waals surface area contributed by atoms with Crippen LogP contribution in [0.4, 0.5) is 11.4 Å². The van der Waals surface area contributed by atoms with Gasteiger partial charge in [0.1, 0.15) is 0 Å². The monoisotopic (exact) mass is 480 g/mol. The molecule has 0 aliphatic heterocycles. The number of nitrogens with one attached hydrogen (secondary N) is 2. The minimum Gasteiger partial charge on any atom is -0.462 e. The average Bonchev–Trinajstić information content (AvgIpc) is 2.77. The highest BCUT2D eigenvalue weighted by molar-refractivity contribution is 7.92. The summed E-state index contributed by atoms with van der Waals surface area (Å²) in [5, 5.41) is 2.78. The van der Waals surface area contributed by atoms with E-state index in [4.69, 9.17) is 4.74 Å². The Hall–Kier alpha value is -3.65. The van der Waals surface area contributed by atoms with Gasteiger partial charge in [-0.05, 0) is 93.3 Å². The highest BCUT2D eigenvalue weighted by atomic mass is 32.2. The molecule has 0 aromatic heterocycles. The number of hydrogen-bond donors (Lipinski definition) is 2. The zero-order chi connectivity index (χ0) is 25.0. The number of hydrogen-bond acceptors (Lipinski definition) is 5. The lowest BCUT2D eigenvalue weighted by Crippen LogP contribution is -2.18. The molecule has 0 aliphatic carbocycles. The molecular formula is C26H28N2O5S. The van der Waals surface area contributed by atoms with Crippen LogP contribution in [0.5, 0.6) is 0 Å². The van der Waals surface area contributed by atoms with E-state index in [0.29, 0.717) is 28.1 Å². The fourth-order valence-electron chi connectivity index (χ4n) is 3.42. The molecule has 0 radical (unpaired) electrons. The fraction of sp³-hybridized carbons (Fsp3) is 0.231. The summed E-state index contributed by atoms with van der Waals surface area (Å²) in [4.78, 5) is 24.9. The predicted octanol–water partition coefficient (Wildman–Crippen LogP) is 5.15. The second kappa shape index (κ2) is 10.1. The standard InChI is InChI=1S/C26H28N2O5S/c1-6-33-26(30)21-11-12-22(19(5)14-21)27-25(29)20-10-9-18(4)24(15-20)34(31,32)28-23-13-16(2)7-8-17(23)3/h7-15,28H,6H2,1-5H3,(H,27,29). The molecule has 0 saturated heterocycles. The molecule has 0 unspecified atom stereocenters. The molecule has 1 amide bonds. The van der Waals surface area contributed by atoms with Crippen molar-refractivity contribution < 1.29 is 22.7 Å². The summed E-state index contributed by atoms with van der Waals surface area (Å²) in [7, 11) is -3.92. The normalized spacial score (nSPS) is 11.1. The number of anilines is 2. The van der Waals surface area contributed by atoms with Gasteiger partial charge in [-0.1, -0.05) is 18.2 Å². The van der Waals surface area contributed by atoms with E-state index in [1.54, 1.807) is 57.2 Å². The summed E-state index contributed by atoms with van der Waals surface area (Å²) in [5.74, 6) is -0.900. The number of ether oxygens (including phenoxy) is 1. The Morgan fingerprint density at radius 3 is 2.15 bits per heavy atom. The van der Waals surface area contributed by atoms with Crippen molar-refractivity contribution in [1.29, 1.82) is 0 Å². The Balaban J connectivity index is 1.86. The maximum absolute atomic E-state index is 13.1. The molecule has 8 heteroatoms. The molecule has 0 atom stereocenters. The quantitative estimate of drug-likeness (QED) is 0.456. The SMILES string of the molecule is CCOC(=O)c1ccc(NC(=O)c2ccc(C)c(S(=O)(=O)Nc3cc(C)ccc3C)c2)c(C)c1. The second-order valence-corrected chi connectivity index (χ2v) is 9.76. The first-order chi connectivity index (χ1) is 16.0. The second-order valence-electron chi connectivity index (χ2n) is 8.11. The number of carbonyl (C=O) groups is 2. The molecule has 3 aromatic carbocycles. The van der Waals surface area contributed by atoms with Crippen molar-refractivity contribution in [2.75, 3.05) is 16.6 Å². The molecule has 178 valence electrons. The van der Waals surface area contributed by atoms with Crippen LogP contribution >= 0.6 is 0 Å². The number of sulfonamides is 1. The minimum absolute atomic E-state index is 0.0236. The van der Waals surface area contributed by atoms with Gasteiger partial charge in [0, 0.05) is 11.3 Å². The Bertz CT molecular complexity index is 1360. The van der Waals surface area contributed by atoms with Crippen LogP contribution in [0.1, 0.15) is 49.9 Å².